The van der Waals surface area contributed by atoms with Crippen molar-refractivity contribution in [2.24, 2.45) is 0 Å². The van der Waals surface area contributed by atoms with E-state index in [9.17, 15) is 4.79 Å². The van der Waals surface area contributed by atoms with Gasteiger partial charge in [0.1, 0.15) is 5.75 Å². The van der Waals surface area contributed by atoms with E-state index < -0.39 is 0 Å². The minimum atomic E-state index is -0.151. The quantitative estimate of drug-likeness (QED) is 0.562. The molecular formula is C26H30N4O3. The van der Waals surface area contributed by atoms with E-state index in [1.54, 1.807) is 7.11 Å². The van der Waals surface area contributed by atoms with Crippen LogP contribution in [0.5, 0.6) is 5.75 Å². The molecule has 7 nitrogen and oxygen atoms in total. The molecular weight excluding hydrogens is 416 g/mol. The first-order valence-electron chi connectivity index (χ1n) is 11.2. The predicted molar refractivity (Wildman–Crippen MR) is 128 cm³/mol. The molecule has 0 saturated carbocycles. The number of rotatable bonds is 7. The molecule has 0 spiro atoms. The van der Waals surface area contributed by atoms with Crippen LogP contribution >= 0.6 is 0 Å². The lowest BCUT2D eigenvalue weighted by atomic mass is 9.74. The van der Waals surface area contributed by atoms with Crippen molar-refractivity contribution in [2.45, 2.75) is 32.1 Å². The van der Waals surface area contributed by atoms with E-state index in [1.807, 2.05) is 56.3 Å². The number of nitrogens with zero attached hydrogens (tertiary/aromatic N) is 2. The smallest absolute Gasteiger partial charge is 0.251 e. The fraction of sp³-hybridized carbons (Fsp3) is 0.346. The average Bonchev–Trinajstić information content (AvgIpc) is 2.83. The standard InChI is InChI=1S/C26H30N4O3/c1-18-16-19(2)29-25(28-18)30-22-8-4-20(5-9-22)24(31)27-17-26(12-14-33-15-13-26)21-6-10-23(32-3)11-7-21/h4-11,16H,12-15,17H2,1-3H3,(H,27,31)(H,28,29,30). The fourth-order valence-electron chi connectivity index (χ4n) is 4.24. The third kappa shape index (κ3) is 5.49. The lowest BCUT2D eigenvalue weighted by molar-refractivity contribution is 0.0487. The molecule has 1 fully saturated rings. The maximum absolute atomic E-state index is 12.9. The molecule has 3 aromatic rings. The van der Waals surface area contributed by atoms with Crippen LogP contribution in [0.25, 0.3) is 0 Å². The Kier molecular flexibility index (Phi) is 6.89. The first-order chi connectivity index (χ1) is 16.0. The van der Waals surface area contributed by atoms with Crippen molar-refractivity contribution < 1.29 is 14.3 Å². The van der Waals surface area contributed by atoms with Gasteiger partial charge in [-0.25, -0.2) is 9.97 Å². The van der Waals surface area contributed by atoms with Gasteiger partial charge in [-0.2, -0.15) is 0 Å². The lowest BCUT2D eigenvalue weighted by Crippen LogP contribution is -2.44. The Bertz CT molecular complexity index is 1070. The van der Waals surface area contributed by atoms with Gasteiger partial charge in [-0.15, -0.1) is 0 Å². The molecule has 1 aliphatic rings. The second-order valence-electron chi connectivity index (χ2n) is 8.48. The largest absolute Gasteiger partial charge is 0.497 e. The van der Waals surface area contributed by atoms with Gasteiger partial charge in [0.2, 0.25) is 5.95 Å². The van der Waals surface area contributed by atoms with Gasteiger partial charge in [-0.05, 0) is 74.7 Å². The Morgan fingerprint density at radius 1 is 1.00 bits per heavy atom. The van der Waals surface area contributed by atoms with Gasteiger partial charge in [-0.3, -0.25) is 4.79 Å². The normalized spacial score (nSPS) is 15.0. The number of aromatic nitrogens is 2. The van der Waals surface area contributed by atoms with E-state index in [0.717, 1.165) is 35.7 Å². The second kappa shape index (κ2) is 10.0. The Labute approximate surface area is 194 Å². The molecule has 0 unspecified atom stereocenters. The van der Waals surface area contributed by atoms with Crippen LogP contribution < -0.4 is 15.4 Å². The molecule has 0 atom stereocenters. The van der Waals surface area contributed by atoms with Gasteiger partial charge >= 0.3 is 0 Å². The Balaban J connectivity index is 1.43. The topological polar surface area (TPSA) is 85.4 Å². The maximum Gasteiger partial charge on any atom is 0.251 e. The van der Waals surface area contributed by atoms with Crippen molar-refractivity contribution in [3.8, 4) is 5.75 Å². The van der Waals surface area contributed by atoms with Gasteiger partial charge in [0.25, 0.3) is 5.91 Å². The van der Waals surface area contributed by atoms with Crippen molar-refractivity contribution in [3.05, 3.63) is 77.1 Å². The molecule has 2 N–H and O–H groups in total. The predicted octanol–water partition coefficient (Wildman–Crippen LogP) is 4.32. The first-order valence-corrected chi connectivity index (χ1v) is 11.2. The second-order valence-corrected chi connectivity index (χ2v) is 8.48. The maximum atomic E-state index is 12.9. The summed E-state index contributed by atoms with van der Waals surface area (Å²) in [6, 6.07) is 17.4. The van der Waals surface area contributed by atoms with E-state index in [2.05, 4.69) is 32.7 Å². The highest BCUT2D eigenvalue weighted by Crippen LogP contribution is 2.35. The average molecular weight is 447 g/mol. The molecule has 2 aromatic carbocycles. The zero-order chi connectivity index (χ0) is 23.3. The summed E-state index contributed by atoms with van der Waals surface area (Å²) in [5.41, 5.74) is 4.29. The molecule has 2 heterocycles. The van der Waals surface area contributed by atoms with E-state index in [1.165, 1.54) is 5.56 Å². The number of methoxy groups -OCH3 is 1. The molecule has 7 heteroatoms. The zero-order valence-corrected chi connectivity index (χ0v) is 19.4. The van der Waals surface area contributed by atoms with E-state index >= 15 is 0 Å². The lowest BCUT2D eigenvalue weighted by Gasteiger charge is -2.38. The van der Waals surface area contributed by atoms with Crippen molar-refractivity contribution >= 4 is 17.5 Å². The van der Waals surface area contributed by atoms with Crippen LogP contribution in [0.2, 0.25) is 0 Å². The molecule has 4 rings (SSSR count). The van der Waals surface area contributed by atoms with Crippen LogP contribution in [-0.2, 0) is 10.2 Å². The van der Waals surface area contributed by atoms with Gasteiger partial charge in [0.05, 0.1) is 7.11 Å². The molecule has 1 aliphatic heterocycles. The SMILES string of the molecule is COc1ccc(C2(CNC(=O)c3ccc(Nc4nc(C)cc(C)n4)cc3)CCOCC2)cc1. The van der Waals surface area contributed by atoms with Gasteiger partial charge in [0.15, 0.2) is 0 Å². The number of hydrogen-bond donors (Lipinski definition) is 2. The molecule has 33 heavy (non-hydrogen) atoms. The summed E-state index contributed by atoms with van der Waals surface area (Å²) in [6.45, 7) is 5.79. The molecule has 1 saturated heterocycles. The van der Waals surface area contributed by atoms with Crippen molar-refractivity contribution in [2.75, 3.05) is 32.2 Å². The minimum Gasteiger partial charge on any atom is -0.497 e. The summed E-state index contributed by atoms with van der Waals surface area (Å²) >= 11 is 0. The van der Waals surface area contributed by atoms with E-state index in [0.29, 0.717) is 31.3 Å². The highest BCUT2D eigenvalue weighted by molar-refractivity contribution is 5.94. The summed E-state index contributed by atoms with van der Waals surface area (Å²) in [7, 11) is 1.66. The number of amides is 1. The highest BCUT2D eigenvalue weighted by atomic mass is 16.5. The number of ether oxygens (including phenoxy) is 2. The Hall–Kier alpha value is -3.45. The summed E-state index contributed by atoms with van der Waals surface area (Å²) in [6.07, 6.45) is 1.72. The summed E-state index contributed by atoms with van der Waals surface area (Å²) in [5.74, 6) is 1.28. The highest BCUT2D eigenvalue weighted by Gasteiger charge is 2.35. The molecule has 0 aliphatic carbocycles. The van der Waals surface area contributed by atoms with Crippen molar-refractivity contribution in [1.82, 2.24) is 15.3 Å². The zero-order valence-electron chi connectivity index (χ0n) is 19.4. The van der Waals surface area contributed by atoms with E-state index in [4.69, 9.17) is 9.47 Å². The van der Waals surface area contributed by atoms with Crippen LogP contribution in [0.4, 0.5) is 11.6 Å². The van der Waals surface area contributed by atoms with Crippen molar-refractivity contribution in [1.29, 1.82) is 0 Å². The number of nitrogens with one attached hydrogen (secondary N) is 2. The Morgan fingerprint density at radius 3 is 2.24 bits per heavy atom. The monoisotopic (exact) mass is 446 g/mol. The van der Waals surface area contributed by atoms with E-state index in [-0.39, 0.29) is 11.3 Å². The summed E-state index contributed by atoms with van der Waals surface area (Å²) < 4.78 is 10.9. The fourth-order valence-corrected chi connectivity index (χ4v) is 4.24. The minimum absolute atomic E-state index is 0.0939. The van der Waals surface area contributed by atoms with Crippen LogP contribution in [0.15, 0.2) is 54.6 Å². The number of carbonyl (C=O) groups is 1. The third-order valence-corrected chi connectivity index (χ3v) is 6.13. The number of carbonyl (C=O) groups excluding carboxylic acids is 1. The molecule has 0 radical (unpaired) electrons. The molecule has 1 aromatic heterocycles. The molecule has 0 bridgehead atoms. The summed E-state index contributed by atoms with van der Waals surface area (Å²) in [4.78, 5) is 21.7. The Morgan fingerprint density at radius 2 is 1.64 bits per heavy atom. The first kappa shape index (κ1) is 22.7. The number of anilines is 2. The summed E-state index contributed by atoms with van der Waals surface area (Å²) in [5, 5.41) is 6.34. The third-order valence-electron chi connectivity index (χ3n) is 6.13. The number of aryl methyl sites for hydroxylation is 2. The van der Waals surface area contributed by atoms with Crippen LogP contribution in [0, 0.1) is 13.8 Å². The molecule has 1 amide bonds. The van der Waals surface area contributed by atoms with Gasteiger partial charge in [-0.1, -0.05) is 12.1 Å². The number of hydrogen-bond acceptors (Lipinski definition) is 6. The van der Waals surface area contributed by atoms with Crippen LogP contribution in [-0.4, -0.2) is 42.7 Å². The molecule has 172 valence electrons. The van der Waals surface area contributed by atoms with Gasteiger partial charge in [0, 0.05) is 47.8 Å². The van der Waals surface area contributed by atoms with Crippen molar-refractivity contribution in [3.63, 3.8) is 0 Å². The van der Waals surface area contributed by atoms with Crippen LogP contribution in [0.3, 0.4) is 0 Å². The number of benzene rings is 2. The van der Waals surface area contributed by atoms with Gasteiger partial charge < -0.3 is 20.1 Å². The van der Waals surface area contributed by atoms with Crippen LogP contribution in [0.1, 0.15) is 40.2 Å².